The Labute approximate surface area is 101 Å². The number of aromatic amines is 1. The SMILES string of the molecule is CCCC(CCC)C(Br)Cc1ncc[nH]1. The maximum absolute atomic E-state index is 4.27. The number of halogens is 1. The summed E-state index contributed by atoms with van der Waals surface area (Å²) in [6.45, 7) is 4.52. The van der Waals surface area contributed by atoms with E-state index >= 15 is 0 Å². The first-order valence-electron chi connectivity index (χ1n) is 5.90. The molecular weight excluding hydrogens is 252 g/mol. The molecule has 2 nitrogen and oxygen atoms in total. The monoisotopic (exact) mass is 272 g/mol. The molecule has 0 saturated carbocycles. The van der Waals surface area contributed by atoms with Crippen LogP contribution in [0.1, 0.15) is 45.4 Å². The van der Waals surface area contributed by atoms with Gasteiger partial charge >= 0.3 is 0 Å². The van der Waals surface area contributed by atoms with Crippen LogP contribution in [0.2, 0.25) is 0 Å². The molecule has 0 spiro atoms. The van der Waals surface area contributed by atoms with Crippen molar-refractivity contribution in [3.05, 3.63) is 18.2 Å². The fourth-order valence-corrected chi connectivity index (χ4v) is 2.84. The lowest BCUT2D eigenvalue weighted by molar-refractivity contribution is 0.424. The lowest BCUT2D eigenvalue weighted by Gasteiger charge is -2.20. The van der Waals surface area contributed by atoms with Gasteiger partial charge in [0, 0.05) is 23.6 Å². The van der Waals surface area contributed by atoms with Gasteiger partial charge in [-0.2, -0.15) is 0 Å². The third kappa shape index (κ3) is 4.37. The van der Waals surface area contributed by atoms with Crippen LogP contribution in [0, 0.1) is 5.92 Å². The van der Waals surface area contributed by atoms with Crippen molar-refractivity contribution in [1.29, 1.82) is 0 Å². The number of imidazole rings is 1. The highest BCUT2D eigenvalue weighted by molar-refractivity contribution is 9.09. The van der Waals surface area contributed by atoms with E-state index in [1.807, 2.05) is 12.4 Å². The summed E-state index contributed by atoms with van der Waals surface area (Å²) in [4.78, 5) is 8.00. The molecule has 86 valence electrons. The van der Waals surface area contributed by atoms with E-state index in [1.165, 1.54) is 25.7 Å². The van der Waals surface area contributed by atoms with E-state index < -0.39 is 0 Å². The Morgan fingerprint density at radius 1 is 1.33 bits per heavy atom. The van der Waals surface area contributed by atoms with Crippen molar-refractivity contribution in [1.82, 2.24) is 9.97 Å². The Kier molecular flexibility index (Phi) is 5.99. The molecule has 0 aliphatic carbocycles. The highest BCUT2D eigenvalue weighted by Crippen LogP contribution is 2.25. The normalized spacial score (nSPS) is 13.3. The van der Waals surface area contributed by atoms with Crippen molar-refractivity contribution in [3.8, 4) is 0 Å². The van der Waals surface area contributed by atoms with Gasteiger partial charge in [-0.25, -0.2) is 4.98 Å². The summed E-state index contributed by atoms with van der Waals surface area (Å²) < 4.78 is 0. The summed E-state index contributed by atoms with van der Waals surface area (Å²) >= 11 is 3.81. The summed E-state index contributed by atoms with van der Waals surface area (Å²) in [6, 6.07) is 0. The van der Waals surface area contributed by atoms with Crippen LogP contribution in [0.25, 0.3) is 0 Å². The van der Waals surface area contributed by atoms with Crippen LogP contribution in [0.3, 0.4) is 0 Å². The minimum absolute atomic E-state index is 0.559. The maximum Gasteiger partial charge on any atom is 0.107 e. The molecular formula is C12H21BrN2. The zero-order chi connectivity index (χ0) is 11.1. The summed E-state index contributed by atoms with van der Waals surface area (Å²) in [5, 5.41) is 0. The molecule has 1 atom stereocenters. The fourth-order valence-electron chi connectivity index (χ4n) is 2.01. The van der Waals surface area contributed by atoms with Crippen LogP contribution in [-0.4, -0.2) is 14.8 Å². The summed E-state index contributed by atoms with van der Waals surface area (Å²) in [7, 11) is 0. The molecule has 0 bridgehead atoms. The van der Waals surface area contributed by atoms with E-state index in [0.717, 1.165) is 18.2 Å². The Balaban J connectivity index is 2.44. The van der Waals surface area contributed by atoms with Gasteiger partial charge < -0.3 is 4.98 Å². The molecule has 1 rings (SSSR count). The van der Waals surface area contributed by atoms with Crippen molar-refractivity contribution < 1.29 is 0 Å². The first kappa shape index (κ1) is 12.8. The van der Waals surface area contributed by atoms with Gasteiger partial charge in [0.1, 0.15) is 5.82 Å². The van der Waals surface area contributed by atoms with Crippen molar-refractivity contribution in [2.75, 3.05) is 0 Å². The van der Waals surface area contributed by atoms with Crippen LogP contribution in [0.5, 0.6) is 0 Å². The predicted octanol–water partition coefficient (Wildman–Crippen LogP) is 3.93. The molecule has 0 aliphatic heterocycles. The topological polar surface area (TPSA) is 28.7 Å². The van der Waals surface area contributed by atoms with Crippen LogP contribution in [0.15, 0.2) is 12.4 Å². The van der Waals surface area contributed by atoms with E-state index in [2.05, 4.69) is 39.7 Å². The second-order valence-corrected chi connectivity index (χ2v) is 5.27. The van der Waals surface area contributed by atoms with E-state index in [9.17, 15) is 0 Å². The van der Waals surface area contributed by atoms with Crippen molar-refractivity contribution in [2.24, 2.45) is 5.92 Å². The van der Waals surface area contributed by atoms with E-state index in [4.69, 9.17) is 0 Å². The molecule has 1 N–H and O–H groups in total. The third-order valence-electron chi connectivity index (χ3n) is 2.77. The molecule has 0 aromatic carbocycles. The highest BCUT2D eigenvalue weighted by Gasteiger charge is 2.18. The van der Waals surface area contributed by atoms with Crippen molar-refractivity contribution in [2.45, 2.75) is 50.8 Å². The van der Waals surface area contributed by atoms with Gasteiger partial charge in [-0.3, -0.25) is 0 Å². The molecule has 0 saturated heterocycles. The van der Waals surface area contributed by atoms with Crippen LogP contribution >= 0.6 is 15.9 Å². The number of rotatable bonds is 7. The van der Waals surface area contributed by atoms with Gasteiger partial charge in [0.05, 0.1) is 0 Å². The van der Waals surface area contributed by atoms with Gasteiger partial charge in [-0.15, -0.1) is 0 Å². The minimum Gasteiger partial charge on any atom is -0.349 e. The molecule has 1 aromatic heterocycles. The smallest absolute Gasteiger partial charge is 0.107 e. The molecule has 0 radical (unpaired) electrons. The maximum atomic E-state index is 4.27. The second-order valence-electron chi connectivity index (χ2n) is 4.09. The molecule has 1 heterocycles. The summed E-state index contributed by atoms with van der Waals surface area (Å²) in [6.07, 6.45) is 9.88. The Morgan fingerprint density at radius 3 is 2.47 bits per heavy atom. The van der Waals surface area contributed by atoms with E-state index in [0.29, 0.717) is 4.83 Å². The van der Waals surface area contributed by atoms with Gasteiger partial charge in [-0.1, -0.05) is 42.6 Å². The fraction of sp³-hybridized carbons (Fsp3) is 0.750. The van der Waals surface area contributed by atoms with Crippen LogP contribution < -0.4 is 0 Å². The van der Waals surface area contributed by atoms with Gasteiger partial charge in [0.25, 0.3) is 0 Å². The first-order valence-corrected chi connectivity index (χ1v) is 6.81. The molecule has 0 amide bonds. The van der Waals surface area contributed by atoms with Crippen LogP contribution in [0.4, 0.5) is 0 Å². The first-order chi connectivity index (χ1) is 7.27. The number of nitrogens with one attached hydrogen (secondary N) is 1. The number of nitrogens with zero attached hydrogens (tertiary/aromatic N) is 1. The van der Waals surface area contributed by atoms with Crippen molar-refractivity contribution >= 4 is 15.9 Å². The van der Waals surface area contributed by atoms with Crippen LogP contribution in [-0.2, 0) is 6.42 Å². The number of hydrogen-bond acceptors (Lipinski definition) is 1. The lowest BCUT2D eigenvalue weighted by Crippen LogP contribution is -2.17. The quantitative estimate of drug-likeness (QED) is 0.749. The molecule has 0 fully saturated rings. The number of aromatic nitrogens is 2. The van der Waals surface area contributed by atoms with Gasteiger partial charge in [-0.05, 0) is 18.8 Å². The summed E-state index contributed by atoms with van der Waals surface area (Å²) in [5.74, 6) is 1.87. The largest absolute Gasteiger partial charge is 0.349 e. The Morgan fingerprint density at radius 2 is 2.00 bits per heavy atom. The molecule has 1 unspecified atom stereocenters. The minimum atomic E-state index is 0.559. The predicted molar refractivity (Wildman–Crippen MR) is 68.3 cm³/mol. The van der Waals surface area contributed by atoms with E-state index in [-0.39, 0.29) is 0 Å². The molecule has 3 heteroatoms. The zero-order valence-corrected chi connectivity index (χ0v) is 11.3. The Bertz CT molecular complexity index is 240. The lowest BCUT2D eigenvalue weighted by atomic mass is 9.93. The number of alkyl halides is 1. The number of hydrogen-bond donors (Lipinski definition) is 1. The zero-order valence-electron chi connectivity index (χ0n) is 9.67. The average molecular weight is 273 g/mol. The standard InChI is InChI=1S/C12H21BrN2/c1-3-5-10(6-4-2)11(13)9-12-14-7-8-15-12/h7-8,10-11H,3-6,9H2,1-2H3,(H,14,15). The highest BCUT2D eigenvalue weighted by atomic mass is 79.9. The third-order valence-corrected chi connectivity index (χ3v) is 3.85. The van der Waals surface area contributed by atoms with E-state index in [1.54, 1.807) is 0 Å². The molecule has 0 aliphatic rings. The second kappa shape index (κ2) is 7.04. The van der Waals surface area contributed by atoms with Gasteiger partial charge in [0.15, 0.2) is 0 Å². The molecule has 15 heavy (non-hydrogen) atoms. The average Bonchev–Trinajstić information content (AvgIpc) is 2.70. The van der Waals surface area contributed by atoms with Gasteiger partial charge in [0.2, 0.25) is 0 Å². The molecule has 1 aromatic rings. The van der Waals surface area contributed by atoms with Crippen molar-refractivity contribution in [3.63, 3.8) is 0 Å². The Hall–Kier alpha value is -0.310. The summed E-state index contributed by atoms with van der Waals surface area (Å²) in [5.41, 5.74) is 0. The number of H-pyrrole nitrogens is 1.